The van der Waals surface area contributed by atoms with Gasteiger partial charge in [0, 0.05) is 17.2 Å². The number of aromatic nitrogens is 3. The van der Waals surface area contributed by atoms with Crippen LogP contribution in [0.4, 0.5) is 15.2 Å². The van der Waals surface area contributed by atoms with Crippen molar-refractivity contribution in [1.82, 2.24) is 14.6 Å². The number of nitrogens with one attached hydrogen (secondary N) is 2. The largest absolute Gasteiger partial charge is 0.354 e. The van der Waals surface area contributed by atoms with Crippen LogP contribution in [0.25, 0.3) is 16.2 Å². The van der Waals surface area contributed by atoms with Crippen LogP contribution >= 0.6 is 11.3 Å². The minimum Gasteiger partial charge on any atom is -0.354 e. The standard InChI is InChI=1S/C22H20FN5OS/c1-13(14-6-10-18(11-7-14)25-20(29)16-2-3-16)24-21-27-28-12-19(26-22(28)30-21)15-4-8-17(23)9-5-15/h4-13,16H,2-3H2,1H3,(H,24,27)(H,25,29). The van der Waals surface area contributed by atoms with Crippen molar-refractivity contribution < 1.29 is 9.18 Å². The lowest BCUT2D eigenvalue weighted by Gasteiger charge is -2.13. The Bertz CT molecular complexity index is 1160. The molecular weight excluding hydrogens is 401 g/mol. The zero-order valence-electron chi connectivity index (χ0n) is 16.3. The maximum atomic E-state index is 13.1. The van der Waals surface area contributed by atoms with Crippen LogP contribution in [-0.4, -0.2) is 20.5 Å². The Hall–Kier alpha value is -3.26. The molecule has 0 spiro atoms. The average molecular weight is 422 g/mol. The van der Waals surface area contributed by atoms with Gasteiger partial charge in [-0.25, -0.2) is 13.9 Å². The summed E-state index contributed by atoms with van der Waals surface area (Å²) in [5, 5.41) is 11.7. The maximum Gasteiger partial charge on any atom is 0.227 e. The van der Waals surface area contributed by atoms with E-state index in [0.29, 0.717) is 0 Å². The van der Waals surface area contributed by atoms with Crippen LogP contribution in [-0.2, 0) is 4.79 Å². The van der Waals surface area contributed by atoms with Crippen LogP contribution in [0.3, 0.4) is 0 Å². The molecule has 0 radical (unpaired) electrons. The fourth-order valence-corrected chi connectivity index (χ4v) is 4.10. The van der Waals surface area contributed by atoms with Crippen LogP contribution in [0.1, 0.15) is 31.4 Å². The molecule has 1 amide bonds. The van der Waals surface area contributed by atoms with Crippen LogP contribution in [0.15, 0.2) is 54.7 Å². The van der Waals surface area contributed by atoms with E-state index in [9.17, 15) is 9.18 Å². The summed E-state index contributed by atoms with van der Waals surface area (Å²) in [6.07, 6.45) is 3.83. The molecule has 1 fully saturated rings. The Labute approximate surface area is 176 Å². The summed E-state index contributed by atoms with van der Waals surface area (Å²) in [5.41, 5.74) is 3.53. The number of nitrogens with zero attached hydrogens (tertiary/aromatic N) is 3. The lowest BCUT2D eigenvalue weighted by molar-refractivity contribution is -0.117. The maximum absolute atomic E-state index is 13.1. The van der Waals surface area contributed by atoms with E-state index in [1.54, 1.807) is 16.6 Å². The van der Waals surface area contributed by atoms with E-state index in [2.05, 4.69) is 27.6 Å². The molecule has 4 aromatic rings. The summed E-state index contributed by atoms with van der Waals surface area (Å²) in [6, 6.07) is 14.2. The molecule has 1 atom stereocenters. The highest BCUT2D eigenvalue weighted by atomic mass is 32.1. The van der Waals surface area contributed by atoms with E-state index in [1.807, 2.05) is 30.5 Å². The first kappa shape index (κ1) is 18.7. The van der Waals surface area contributed by atoms with Crippen molar-refractivity contribution in [3.63, 3.8) is 0 Å². The molecular formula is C22H20FN5OS. The van der Waals surface area contributed by atoms with E-state index in [-0.39, 0.29) is 23.7 Å². The number of halogens is 1. The Kier molecular flexibility index (Phi) is 4.71. The van der Waals surface area contributed by atoms with Crippen LogP contribution in [0, 0.1) is 11.7 Å². The molecule has 1 unspecified atom stereocenters. The highest BCUT2D eigenvalue weighted by molar-refractivity contribution is 7.20. The summed E-state index contributed by atoms with van der Waals surface area (Å²) in [7, 11) is 0. The molecule has 5 rings (SSSR count). The van der Waals surface area contributed by atoms with Crippen molar-refractivity contribution in [2.75, 3.05) is 10.6 Å². The Morgan fingerprint density at radius 1 is 1.17 bits per heavy atom. The molecule has 30 heavy (non-hydrogen) atoms. The normalized spacial score (nSPS) is 14.6. The van der Waals surface area contributed by atoms with Gasteiger partial charge >= 0.3 is 0 Å². The number of carbonyl (C=O) groups excluding carboxylic acids is 1. The third kappa shape index (κ3) is 3.91. The summed E-state index contributed by atoms with van der Waals surface area (Å²) in [4.78, 5) is 17.2. The number of hydrogen-bond acceptors (Lipinski definition) is 5. The van der Waals surface area contributed by atoms with Crippen LogP contribution in [0.2, 0.25) is 0 Å². The highest BCUT2D eigenvalue weighted by Crippen LogP contribution is 2.31. The van der Waals surface area contributed by atoms with Gasteiger partial charge in [-0.15, -0.1) is 5.10 Å². The zero-order valence-corrected chi connectivity index (χ0v) is 17.1. The first-order valence-corrected chi connectivity index (χ1v) is 10.7. The summed E-state index contributed by atoms with van der Waals surface area (Å²) >= 11 is 1.46. The van der Waals surface area contributed by atoms with Gasteiger partial charge in [-0.05, 0) is 61.7 Å². The first-order chi connectivity index (χ1) is 14.5. The number of fused-ring (bicyclic) bond motifs is 1. The van der Waals surface area contributed by atoms with Gasteiger partial charge in [-0.1, -0.05) is 23.5 Å². The molecule has 6 nitrogen and oxygen atoms in total. The molecule has 152 valence electrons. The number of anilines is 2. The molecule has 1 saturated carbocycles. The number of imidazole rings is 1. The topological polar surface area (TPSA) is 71.3 Å². The van der Waals surface area contributed by atoms with E-state index < -0.39 is 0 Å². The molecule has 0 bridgehead atoms. The molecule has 8 heteroatoms. The van der Waals surface area contributed by atoms with Gasteiger partial charge in [0.25, 0.3) is 0 Å². The van der Waals surface area contributed by atoms with E-state index in [4.69, 9.17) is 0 Å². The Morgan fingerprint density at radius 3 is 2.57 bits per heavy atom. The minimum absolute atomic E-state index is 0.0469. The van der Waals surface area contributed by atoms with Crippen molar-refractivity contribution in [2.45, 2.75) is 25.8 Å². The quantitative estimate of drug-likeness (QED) is 0.453. The molecule has 1 aliphatic carbocycles. The molecule has 2 aromatic carbocycles. The number of carbonyl (C=O) groups is 1. The SMILES string of the molecule is CC(Nc1nn2cc(-c3ccc(F)cc3)nc2s1)c1ccc(NC(=O)C2CC2)cc1. The van der Waals surface area contributed by atoms with Crippen molar-refractivity contribution in [2.24, 2.45) is 5.92 Å². The Balaban J connectivity index is 1.26. The second-order valence-electron chi connectivity index (χ2n) is 7.52. The monoisotopic (exact) mass is 421 g/mol. The Morgan fingerprint density at radius 2 is 1.90 bits per heavy atom. The van der Waals surface area contributed by atoms with E-state index in [1.165, 1.54) is 23.5 Å². The van der Waals surface area contributed by atoms with Gasteiger partial charge in [-0.2, -0.15) is 0 Å². The van der Waals surface area contributed by atoms with Gasteiger partial charge < -0.3 is 10.6 Å². The third-order valence-corrected chi connectivity index (χ3v) is 6.00. The van der Waals surface area contributed by atoms with Crippen molar-refractivity contribution in [3.8, 4) is 11.3 Å². The molecule has 2 N–H and O–H groups in total. The van der Waals surface area contributed by atoms with Crippen LogP contribution < -0.4 is 10.6 Å². The average Bonchev–Trinajstić information content (AvgIpc) is 3.42. The number of rotatable bonds is 6. The molecule has 0 aliphatic heterocycles. The van der Waals surface area contributed by atoms with Crippen molar-refractivity contribution in [3.05, 3.63) is 66.1 Å². The first-order valence-electron chi connectivity index (χ1n) is 9.85. The second-order valence-corrected chi connectivity index (χ2v) is 8.47. The van der Waals surface area contributed by atoms with Gasteiger partial charge in [0.15, 0.2) is 0 Å². The summed E-state index contributed by atoms with van der Waals surface area (Å²) < 4.78 is 14.8. The zero-order chi connectivity index (χ0) is 20.7. The van der Waals surface area contributed by atoms with Crippen LogP contribution in [0.5, 0.6) is 0 Å². The predicted octanol–water partition coefficient (Wildman–Crippen LogP) is 5.12. The van der Waals surface area contributed by atoms with Crippen molar-refractivity contribution in [1.29, 1.82) is 0 Å². The van der Waals surface area contributed by atoms with Gasteiger partial charge in [0.05, 0.1) is 17.9 Å². The smallest absolute Gasteiger partial charge is 0.227 e. The van der Waals surface area contributed by atoms with Crippen molar-refractivity contribution >= 4 is 33.0 Å². The fraction of sp³-hybridized carbons (Fsp3) is 0.227. The van der Waals surface area contributed by atoms with E-state index in [0.717, 1.165) is 45.4 Å². The minimum atomic E-state index is -0.267. The predicted molar refractivity (Wildman–Crippen MR) is 116 cm³/mol. The van der Waals surface area contributed by atoms with E-state index >= 15 is 0 Å². The fourth-order valence-electron chi connectivity index (χ4n) is 3.23. The number of hydrogen-bond donors (Lipinski definition) is 2. The second kappa shape index (κ2) is 7.53. The van der Waals surface area contributed by atoms with Gasteiger partial charge in [0.2, 0.25) is 16.0 Å². The number of amides is 1. The lowest BCUT2D eigenvalue weighted by Crippen LogP contribution is -2.13. The molecule has 0 saturated heterocycles. The summed E-state index contributed by atoms with van der Waals surface area (Å²) in [6.45, 7) is 2.06. The lowest BCUT2D eigenvalue weighted by atomic mass is 10.1. The molecule has 1 aliphatic rings. The number of benzene rings is 2. The molecule has 2 aromatic heterocycles. The van der Waals surface area contributed by atoms with Gasteiger partial charge in [-0.3, -0.25) is 4.79 Å². The highest BCUT2D eigenvalue weighted by Gasteiger charge is 2.29. The van der Waals surface area contributed by atoms with Gasteiger partial charge in [0.1, 0.15) is 5.82 Å². The third-order valence-electron chi connectivity index (χ3n) is 5.15. The molecule has 2 heterocycles. The summed E-state index contributed by atoms with van der Waals surface area (Å²) in [5.74, 6) is 0.0365.